The summed E-state index contributed by atoms with van der Waals surface area (Å²) in [5, 5.41) is 13.1. The highest BCUT2D eigenvalue weighted by atomic mass is 16.6. The normalized spacial score (nSPS) is 12.8. The fourth-order valence-electron chi connectivity index (χ4n) is 3.46. The molecule has 0 aromatic heterocycles. The number of rotatable bonds is 4. The number of nitro benzene ring substituents is 1. The number of hydrogen-bond acceptors (Lipinski definition) is 3. The summed E-state index contributed by atoms with van der Waals surface area (Å²) in [6.45, 7) is 0. The smallest absolute Gasteiger partial charge is 0.269 e. The SMILES string of the molecule is O=C(/C=C/c1ccc([N+](=O)[O-])cc1)c1ccc2cccc3c2c1CC3. The number of aryl methyl sites for hydroxylation is 2. The molecule has 3 aromatic rings. The van der Waals surface area contributed by atoms with Gasteiger partial charge in [0, 0.05) is 17.7 Å². The van der Waals surface area contributed by atoms with Crippen LogP contribution in [0.4, 0.5) is 5.69 Å². The van der Waals surface area contributed by atoms with Crippen LogP contribution in [0.2, 0.25) is 0 Å². The van der Waals surface area contributed by atoms with Crippen LogP contribution in [0.5, 0.6) is 0 Å². The number of benzene rings is 3. The van der Waals surface area contributed by atoms with Crippen molar-refractivity contribution in [3.05, 3.63) is 93.0 Å². The highest BCUT2D eigenvalue weighted by molar-refractivity contribution is 6.11. The summed E-state index contributed by atoms with van der Waals surface area (Å²) in [6.07, 6.45) is 5.11. The van der Waals surface area contributed by atoms with Crippen molar-refractivity contribution in [2.24, 2.45) is 0 Å². The van der Waals surface area contributed by atoms with Gasteiger partial charge in [-0.3, -0.25) is 14.9 Å². The zero-order chi connectivity index (χ0) is 17.4. The number of nitro groups is 1. The van der Waals surface area contributed by atoms with E-state index in [4.69, 9.17) is 0 Å². The third kappa shape index (κ3) is 2.72. The lowest BCUT2D eigenvalue weighted by atomic mass is 9.97. The van der Waals surface area contributed by atoms with Crippen LogP contribution in [-0.4, -0.2) is 10.7 Å². The Balaban J connectivity index is 1.64. The van der Waals surface area contributed by atoms with Crippen LogP contribution < -0.4 is 0 Å². The largest absolute Gasteiger partial charge is 0.289 e. The van der Waals surface area contributed by atoms with Gasteiger partial charge in [0.1, 0.15) is 0 Å². The molecule has 25 heavy (non-hydrogen) atoms. The maximum Gasteiger partial charge on any atom is 0.269 e. The van der Waals surface area contributed by atoms with E-state index < -0.39 is 4.92 Å². The molecule has 0 N–H and O–H groups in total. The lowest BCUT2D eigenvalue weighted by Crippen LogP contribution is -1.99. The van der Waals surface area contributed by atoms with E-state index in [2.05, 4.69) is 18.2 Å². The topological polar surface area (TPSA) is 60.2 Å². The zero-order valence-electron chi connectivity index (χ0n) is 13.4. The lowest BCUT2D eigenvalue weighted by Gasteiger charge is -2.06. The third-order valence-electron chi connectivity index (χ3n) is 4.68. The van der Waals surface area contributed by atoms with E-state index in [0.717, 1.165) is 29.5 Å². The van der Waals surface area contributed by atoms with Gasteiger partial charge in [0.15, 0.2) is 5.78 Å². The quantitative estimate of drug-likeness (QED) is 0.300. The zero-order valence-corrected chi connectivity index (χ0v) is 13.4. The second kappa shape index (κ2) is 5.98. The van der Waals surface area contributed by atoms with Crippen LogP contribution in [0.3, 0.4) is 0 Å². The van der Waals surface area contributed by atoms with Crippen LogP contribution in [0.1, 0.15) is 27.0 Å². The summed E-state index contributed by atoms with van der Waals surface area (Å²) in [5.74, 6) is -0.0352. The number of ketones is 1. The Morgan fingerprint density at radius 3 is 2.56 bits per heavy atom. The van der Waals surface area contributed by atoms with Crippen molar-refractivity contribution >= 4 is 28.3 Å². The fraction of sp³-hybridized carbons (Fsp3) is 0.0952. The molecule has 0 amide bonds. The van der Waals surface area contributed by atoms with Crippen molar-refractivity contribution in [1.82, 2.24) is 0 Å². The van der Waals surface area contributed by atoms with Crippen molar-refractivity contribution in [2.45, 2.75) is 12.8 Å². The Bertz CT molecular complexity index is 1030. The molecule has 3 aromatic carbocycles. The summed E-state index contributed by atoms with van der Waals surface area (Å²) in [4.78, 5) is 22.9. The van der Waals surface area contributed by atoms with Gasteiger partial charge < -0.3 is 0 Å². The van der Waals surface area contributed by atoms with Crippen molar-refractivity contribution < 1.29 is 9.72 Å². The molecule has 4 rings (SSSR count). The van der Waals surface area contributed by atoms with Gasteiger partial charge in [-0.2, -0.15) is 0 Å². The second-order valence-corrected chi connectivity index (χ2v) is 6.15. The fourth-order valence-corrected chi connectivity index (χ4v) is 3.46. The Morgan fingerprint density at radius 2 is 1.80 bits per heavy atom. The van der Waals surface area contributed by atoms with Crippen molar-refractivity contribution in [3.63, 3.8) is 0 Å². The molecular weight excluding hydrogens is 314 g/mol. The van der Waals surface area contributed by atoms with Gasteiger partial charge in [0.2, 0.25) is 0 Å². The molecule has 0 bridgehead atoms. The molecule has 0 radical (unpaired) electrons. The molecule has 0 fully saturated rings. The minimum absolute atomic E-state index is 0.0352. The van der Waals surface area contributed by atoms with Crippen molar-refractivity contribution in [3.8, 4) is 0 Å². The van der Waals surface area contributed by atoms with Crippen molar-refractivity contribution in [1.29, 1.82) is 0 Å². The van der Waals surface area contributed by atoms with E-state index in [0.29, 0.717) is 0 Å². The maximum absolute atomic E-state index is 12.6. The number of hydrogen-bond donors (Lipinski definition) is 0. The molecule has 1 aliphatic rings. The van der Waals surface area contributed by atoms with Gasteiger partial charge >= 0.3 is 0 Å². The molecular formula is C21H15NO3. The van der Waals surface area contributed by atoms with Crippen molar-refractivity contribution in [2.75, 3.05) is 0 Å². The van der Waals surface area contributed by atoms with Gasteiger partial charge in [-0.1, -0.05) is 36.4 Å². The number of nitrogens with zero attached hydrogens (tertiary/aromatic N) is 1. The number of non-ortho nitro benzene ring substituents is 1. The Hall–Kier alpha value is -3.27. The highest BCUT2D eigenvalue weighted by Gasteiger charge is 2.19. The minimum atomic E-state index is -0.437. The van der Waals surface area contributed by atoms with Crippen LogP contribution in [-0.2, 0) is 12.8 Å². The molecule has 0 aliphatic heterocycles. The Morgan fingerprint density at radius 1 is 1.00 bits per heavy atom. The number of allylic oxidation sites excluding steroid dienone is 1. The van der Waals surface area contributed by atoms with Gasteiger partial charge in [0.05, 0.1) is 4.92 Å². The van der Waals surface area contributed by atoms with E-state index in [1.807, 2.05) is 12.1 Å². The highest BCUT2D eigenvalue weighted by Crippen LogP contribution is 2.33. The minimum Gasteiger partial charge on any atom is -0.289 e. The Labute approximate surface area is 144 Å². The van der Waals surface area contributed by atoms with Crippen LogP contribution in [0.15, 0.2) is 60.7 Å². The first kappa shape index (κ1) is 15.3. The predicted molar refractivity (Wildman–Crippen MR) is 97.8 cm³/mol. The first-order chi connectivity index (χ1) is 12.1. The maximum atomic E-state index is 12.6. The molecule has 0 atom stereocenters. The van der Waals surface area contributed by atoms with Crippen LogP contribution in [0.25, 0.3) is 16.8 Å². The summed E-state index contributed by atoms with van der Waals surface area (Å²) in [5.41, 5.74) is 3.99. The van der Waals surface area contributed by atoms with E-state index in [1.165, 1.54) is 28.5 Å². The molecule has 0 saturated carbocycles. The molecule has 0 spiro atoms. The average Bonchev–Trinajstić information content (AvgIpc) is 3.06. The molecule has 0 unspecified atom stereocenters. The van der Waals surface area contributed by atoms with Gasteiger partial charge in [-0.25, -0.2) is 0 Å². The molecule has 4 heteroatoms. The third-order valence-corrected chi connectivity index (χ3v) is 4.68. The molecule has 0 heterocycles. The molecule has 0 saturated heterocycles. The standard InChI is InChI=1S/C21H15NO3/c23-20(13-6-14-4-9-17(10-5-14)22(24)25)18-11-7-15-2-1-3-16-8-12-19(18)21(15)16/h1-7,9-11,13H,8,12H2/b13-6+. The molecule has 1 aliphatic carbocycles. The number of carbonyl (C=O) groups excluding carboxylic acids is 1. The number of carbonyl (C=O) groups is 1. The molecule has 122 valence electrons. The summed E-state index contributed by atoms with van der Waals surface area (Å²) in [6, 6.07) is 16.3. The summed E-state index contributed by atoms with van der Waals surface area (Å²) >= 11 is 0. The van der Waals surface area contributed by atoms with E-state index in [1.54, 1.807) is 24.3 Å². The van der Waals surface area contributed by atoms with Gasteiger partial charge in [-0.15, -0.1) is 0 Å². The first-order valence-electron chi connectivity index (χ1n) is 8.14. The van der Waals surface area contributed by atoms with E-state index >= 15 is 0 Å². The predicted octanol–water partition coefficient (Wildman–Crippen LogP) is 4.74. The molecule has 4 nitrogen and oxygen atoms in total. The van der Waals surface area contributed by atoms with Crippen LogP contribution in [0, 0.1) is 10.1 Å². The average molecular weight is 329 g/mol. The monoisotopic (exact) mass is 329 g/mol. The van der Waals surface area contributed by atoms with E-state index in [9.17, 15) is 14.9 Å². The summed E-state index contributed by atoms with van der Waals surface area (Å²) in [7, 11) is 0. The van der Waals surface area contributed by atoms with Gasteiger partial charge in [-0.05, 0) is 58.5 Å². The lowest BCUT2D eigenvalue weighted by molar-refractivity contribution is -0.384. The Kier molecular flexibility index (Phi) is 3.65. The van der Waals surface area contributed by atoms with Crippen LogP contribution >= 0.6 is 0 Å². The van der Waals surface area contributed by atoms with Gasteiger partial charge in [0.25, 0.3) is 5.69 Å². The second-order valence-electron chi connectivity index (χ2n) is 6.15. The van der Waals surface area contributed by atoms with E-state index in [-0.39, 0.29) is 11.5 Å². The first-order valence-corrected chi connectivity index (χ1v) is 8.14. The summed E-state index contributed by atoms with van der Waals surface area (Å²) < 4.78 is 0.